The van der Waals surface area contributed by atoms with Crippen molar-refractivity contribution < 1.29 is 23.7 Å². The molecule has 1 unspecified atom stereocenters. The van der Waals surface area contributed by atoms with Crippen molar-refractivity contribution in [3.05, 3.63) is 23.8 Å². The first-order chi connectivity index (χ1) is 10.7. The summed E-state index contributed by atoms with van der Waals surface area (Å²) in [6, 6.07) is 3.61. The predicted molar refractivity (Wildman–Crippen MR) is 83.7 cm³/mol. The molecule has 5 nitrogen and oxygen atoms in total. The number of allylic oxidation sites excluding steroid dienone is 1. The van der Waals surface area contributed by atoms with Crippen LogP contribution in [0.15, 0.2) is 18.2 Å². The van der Waals surface area contributed by atoms with Crippen LogP contribution in [0.25, 0.3) is 6.08 Å². The van der Waals surface area contributed by atoms with E-state index in [-0.39, 0.29) is 11.9 Å². The summed E-state index contributed by atoms with van der Waals surface area (Å²) >= 11 is 0. The van der Waals surface area contributed by atoms with Crippen molar-refractivity contribution in [2.45, 2.75) is 25.4 Å². The average Bonchev–Trinajstić information content (AvgIpc) is 3.04. The second-order valence-electron chi connectivity index (χ2n) is 5.10. The topological polar surface area (TPSA) is 54.0 Å². The highest BCUT2D eigenvalue weighted by molar-refractivity contribution is 5.94. The van der Waals surface area contributed by atoms with Gasteiger partial charge in [0.25, 0.3) is 0 Å². The molecule has 0 saturated carbocycles. The minimum absolute atomic E-state index is 0.0562. The highest BCUT2D eigenvalue weighted by Gasteiger charge is 2.18. The molecular weight excluding hydrogens is 284 g/mol. The number of hydrogen-bond acceptors (Lipinski definition) is 5. The Morgan fingerprint density at radius 1 is 1.23 bits per heavy atom. The Balaban J connectivity index is 2.10. The van der Waals surface area contributed by atoms with E-state index in [1.165, 1.54) is 0 Å². The van der Waals surface area contributed by atoms with E-state index in [9.17, 15) is 4.79 Å². The van der Waals surface area contributed by atoms with Gasteiger partial charge in [0.05, 0.1) is 27.4 Å². The van der Waals surface area contributed by atoms with Crippen LogP contribution < -0.4 is 14.2 Å². The van der Waals surface area contributed by atoms with Crippen LogP contribution in [0.3, 0.4) is 0 Å². The summed E-state index contributed by atoms with van der Waals surface area (Å²) in [4.78, 5) is 12.0. The van der Waals surface area contributed by atoms with Gasteiger partial charge in [-0.2, -0.15) is 0 Å². The molecule has 22 heavy (non-hydrogen) atoms. The van der Waals surface area contributed by atoms with Gasteiger partial charge in [0.15, 0.2) is 17.3 Å². The third kappa shape index (κ3) is 4.01. The largest absolute Gasteiger partial charge is 0.493 e. The smallest absolute Gasteiger partial charge is 0.203 e. The van der Waals surface area contributed by atoms with Crippen LogP contribution in [-0.2, 0) is 9.53 Å². The van der Waals surface area contributed by atoms with Gasteiger partial charge in [-0.05, 0) is 36.6 Å². The molecular formula is C17H22O5. The summed E-state index contributed by atoms with van der Waals surface area (Å²) in [7, 11) is 4.68. The minimum atomic E-state index is 0.0562. The molecule has 1 heterocycles. The molecule has 1 fully saturated rings. The quantitative estimate of drug-likeness (QED) is 0.725. The first-order valence-corrected chi connectivity index (χ1v) is 7.30. The zero-order valence-corrected chi connectivity index (χ0v) is 13.3. The van der Waals surface area contributed by atoms with Gasteiger partial charge in [-0.15, -0.1) is 0 Å². The maximum absolute atomic E-state index is 12.0. The van der Waals surface area contributed by atoms with E-state index in [0.29, 0.717) is 23.7 Å². The van der Waals surface area contributed by atoms with Crippen molar-refractivity contribution in [1.29, 1.82) is 0 Å². The second-order valence-corrected chi connectivity index (χ2v) is 5.10. The highest BCUT2D eigenvalue weighted by atomic mass is 16.5. The number of carbonyl (C=O) groups is 1. The lowest BCUT2D eigenvalue weighted by atomic mass is 10.1. The van der Waals surface area contributed by atoms with Crippen LogP contribution in [0.1, 0.15) is 24.8 Å². The molecule has 1 aromatic rings. The molecule has 1 atom stereocenters. The molecule has 1 aliphatic heterocycles. The first kappa shape index (κ1) is 16.4. The summed E-state index contributed by atoms with van der Waals surface area (Å²) in [5.41, 5.74) is 0.815. The lowest BCUT2D eigenvalue weighted by Crippen LogP contribution is -2.10. The van der Waals surface area contributed by atoms with Gasteiger partial charge in [-0.3, -0.25) is 4.79 Å². The van der Waals surface area contributed by atoms with E-state index in [2.05, 4.69) is 0 Å². The molecule has 0 N–H and O–H groups in total. The molecule has 0 aromatic heterocycles. The molecule has 5 heteroatoms. The normalized spacial score (nSPS) is 17.7. The molecule has 0 bridgehead atoms. The zero-order chi connectivity index (χ0) is 15.9. The standard InChI is InChI=1S/C17H22O5/c1-19-15-9-12(10-16(20-2)17(15)21-3)6-7-13(18)11-14-5-4-8-22-14/h6-7,9-10,14H,4-5,8,11H2,1-3H3/b7-6+. The Bertz CT molecular complexity index is 519. The summed E-state index contributed by atoms with van der Waals surface area (Å²) in [5, 5.41) is 0. The van der Waals surface area contributed by atoms with E-state index in [0.717, 1.165) is 25.0 Å². The van der Waals surface area contributed by atoms with Gasteiger partial charge in [0.1, 0.15) is 0 Å². The van der Waals surface area contributed by atoms with Crippen LogP contribution in [0.4, 0.5) is 0 Å². The van der Waals surface area contributed by atoms with Crippen molar-refractivity contribution >= 4 is 11.9 Å². The van der Waals surface area contributed by atoms with E-state index < -0.39 is 0 Å². The van der Waals surface area contributed by atoms with E-state index in [1.54, 1.807) is 45.6 Å². The number of ketones is 1. The van der Waals surface area contributed by atoms with Crippen molar-refractivity contribution in [3.8, 4) is 17.2 Å². The third-order valence-corrected chi connectivity index (χ3v) is 3.60. The second kappa shape index (κ2) is 7.84. The Morgan fingerprint density at radius 3 is 2.41 bits per heavy atom. The molecule has 1 saturated heterocycles. The van der Waals surface area contributed by atoms with Crippen LogP contribution >= 0.6 is 0 Å². The molecule has 1 aromatic carbocycles. The van der Waals surface area contributed by atoms with Gasteiger partial charge in [0, 0.05) is 13.0 Å². The molecule has 120 valence electrons. The number of ether oxygens (including phenoxy) is 4. The molecule has 0 aliphatic carbocycles. The van der Waals surface area contributed by atoms with Crippen molar-refractivity contribution in [1.82, 2.24) is 0 Å². The lowest BCUT2D eigenvalue weighted by molar-refractivity contribution is -0.116. The fraction of sp³-hybridized carbons (Fsp3) is 0.471. The fourth-order valence-corrected chi connectivity index (χ4v) is 2.48. The Labute approximate surface area is 130 Å². The van der Waals surface area contributed by atoms with Gasteiger partial charge < -0.3 is 18.9 Å². The number of carbonyl (C=O) groups excluding carboxylic acids is 1. The summed E-state index contributed by atoms with van der Waals surface area (Å²) < 4.78 is 21.3. The van der Waals surface area contributed by atoms with E-state index in [4.69, 9.17) is 18.9 Å². The molecule has 0 radical (unpaired) electrons. The number of benzene rings is 1. The number of hydrogen-bond donors (Lipinski definition) is 0. The summed E-state index contributed by atoms with van der Waals surface area (Å²) in [5.74, 6) is 1.72. The monoisotopic (exact) mass is 306 g/mol. The van der Waals surface area contributed by atoms with Crippen LogP contribution in [0.5, 0.6) is 17.2 Å². The maximum Gasteiger partial charge on any atom is 0.203 e. The SMILES string of the molecule is COc1cc(/C=C/C(=O)CC2CCCO2)cc(OC)c1OC. The van der Waals surface area contributed by atoms with Crippen molar-refractivity contribution in [3.63, 3.8) is 0 Å². The predicted octanol–water partition coefficient (Wildman–Crippen LogP) is 2.86. The van der Waals surface area contributed by atoms with Gasteiger partial charge in [-0.25, -0.2) is 0 Å². The summed E-state index contributed by atoms with van der Waals surface area (Å²) in [6.07, 6.45) is 5.82. The van der Waals surface area contributed by atoms with E-state index in [1.807, 2.05) is 0 Å². The molecule has 0 spiro atoms. The molecule has 1 aliphatic rings. The van der Waals surface area contributed by atoms with Gasteiger partial charge in [0.2, 0.25) is 5.75 Å². The minimum Gasteiger partial charge on any atom is -0.493 e. The summed E-state index contributed by atoms with van der Waals surface area (Å²) in [6.45, 7) is 0.758. The highest BCUT2D eigenvalue weighted by Crippen LogP contribution is 2.38. The average molecular weight is 306 g/mol. The van der Waals surface area contributed by atoms with E-state index >= 15 is 0 Å². The van der Waals surface area contributed by atoms with Crippen molar-refractivity contribution in [2.75, 3.05) is 27.9 Å². The van der Waals surface area contributed by atoms with Crippen LogP contribution in [-0.4, -0.2) is 39.8 Å². The fourth-order valence-electron chi connectivity index (χ4n) is 2.48. The number of methoxy groups -OCH3 is 3. The maximum atomic E-state index is 12.0. The first-order valence-electron chi connectivity index (χ1n) is 7.30. The number of rotatable bonds is 7. The molecule has 0 amide bonds. The zero-order valence-electron chi connectivity index (χ0n) is 13.3. The Morgan fingerprint density at radius 2 is 1.91 bits per heavy atom. The van der Waals surface area contributed by atoms with Crippen LogP contribution in [0.2, 0.25) is 0 Å². The Hall–Kier alpha value is -2.01. The van der Waals surface area contributed by atoms with Gasteiger partial charge >= 0.3 is 0 Å². The molecule has 2 rings (SSSR count). The van der Waals surface area contributed by atoms with Gasteiger partial charge in [-0.1, -0.05) is 6.08 Å². The Kier molecular flexibility index (Phi) is 5.83. The van der Waals surface area contributed by atoms with Crippen LogP contribution in [0, 0.1) is 0 Å². The third-order valence-electron chi connectivity index (χ3n) is 3.60. The lowest BCUT2D eigenvalue weighted by Gasteiger charge is -2.12. The van der Waals surface area contributed by atoms with Crippen molar-refractivity contribution in [2.24, 2.45) is 0 Å².